The normalized spacial score (nSPS) is 13.8. The number of unbranched alkanes of at least 4 members (excludes halogenated alkanes) is 14. The van der Waals surface area contributed by atoms with Crippen LogP contribution < -0.4 is 0 Å². The lowest BCUT2D eigenvalue weighted by Crippen LogP contribution is -2.21. The first-order chi connectivity index (χ1) is 13.2. The van der Waals surface area contributed by atoms with Gasteiger partial charge in [0.1, 0.15) is 0 Å². The summed E-state index contributed by atoms with van der Waals surface area (Å²) < 4.78 is 5.50. The van der Waals surface area contributed by atoms with Gasteiger partial charge in [-0.1, -0.05) is 117 Å². The van der Waals surface area contributed by atoms with Crippen LogP contribution in [-0.4, -0.2) is 35.6 Å². The van der Waals surface area contributed by atoms with Gasteiger partial charge in [-0.05, 0) is 12.8 Å². The van der Waals surface area contributed by atoms with Crippen molar-refractivity contribution in [3.8, 4) is 0 Å². The molecule has 2 unspecified atom stereocenters. The largest absolute Gasteiger partial charge is 0.391 e. The van der Waals surface area contributed by atoms with Crippen LogP contribution in [0.2, 0.25) is 0 Å². The molecule has 0 aliphatic carbocycles. The fraction of sp³-hybridized carbons (Fsp3) is 1.00. The minimum Gasteiger partial charge on any atom is -0.391 e. The van der Waals surface area contributed by atoms with Crippen molar-refractivity contribution in [1.82, 2.24) is 0 Å². The number of aliphatic hydroxyl groups excluding tert-OH is 2. The first-order valence-electron chi connectivity index (χ1n) is 12.1. The number of hydrogen-bond donors (Lipinski definition) is 2. The lowest BCUT2D eigenvalue weighted by Gasteiger charge is -2.14. The zero-order valence-corrected chi connectivity index (χ0v) is 18.6. The Hall–Kier alpha value is -0.120. The van der Waals surface area contributed by atoms with Crippen LogP contribution in [-0.2, 0) is 4.74 Å². The molecule has 0 spiro atoms. The summed E-state index contributed by atoms with van der Waals surface area (Å²) in [5.74, 6) is 0. The zero-order valence-electron chi connectivity index (χ0n) is 18.6. The summed E-state index contributed by atoms with van der Waals surface area (Å²) in [6.45, 7) is 5.23. The molecule has 0 saturated heterocycles. The van der Waals surface area contributed by atoms with Crippen LogP contribution >= 0.6 is 0 Å². The van der Waals surface area contributed by atoms with Crippen LogP contribution in [0.1, 0.15) is 129 Å². The Labute approximate surface area is 170 Å². The van der Waals surface area contributed by atoms with Crippen LogP contribution in [0, 0.1) is 0 Å². The number of ether oxygens (including phenoxy) is 1. The predicted molar refractivity (Wildman–Crippen MR) is 117 cm³/mol. The lowest BCUT2D eigenvalue weighted by molar-refractivity contribution is -0.0129. The molecule has 0 aliphatic rings. The first kappa shape index (κ1) is 26.9. The Bertz CT molecular complexity index is 244. The Morgan fingerprint density at radius 2 is 0.778 bits per heavy atom. The summed E-state index contributed by atoms with van der Waals surface area (Å²) in [4.78, 5) is 0. The van der Waals surface area contributed by atoms with E-state index >= 15 is 0 Å². The van der Waals surface area contributed by atoms with E-state index in [1.165, 1.54) is 89.9 Å². The molecule has 0 aromatic carbocycles. The molecule has 0 radical (unpaired) electrons. The molecule has 0 aromatic rings. The van der Waals surface area contributed by atoms with Gasteiger partial charge in [0.15, 0.2) is 0 Å². The second kappa shape index (κ2) is 22.2. The minimum atomic E-state index is -0.375. The molecule has 0 amide bonds. The van der Waals surface area contributed by atoms with Crippen molar-refractivity contribution in [1.29, 1.82) is 0 Å². The number of hydrogen-bond acceptors (Lipinski definition) is 3. The Balaban J connectivity index is 3.29. The van der Waals surface area contributed by atoms with E-state index in [-0.39, 0.29) is 12.2 Å². The van der Waals surface area contributed by atoms with Gasteiger partial charge >= 0.3 is 0 Å². The summed E-state index contributed by atoms with van der Waals surface area (Å²) >= 11 is 0. The van der Waals surface area contributed by atoms with Gasteiger partial charge < -0.3 is 14.9 Å². The Morgan fingerprint density at radius 1 is 0.481 bits per heavy atom. The van der Waals surface area contributed by atoms with Crippen molar-refractivity contribution in [2.75, 3.05) is 13.2 Å². The maximum atomic E-state index is 9.96. The minimum absolute atomic E-state index is 0.366. The average molecular weight is 387 g/mol. The van der Waals surface area contributed by atoms with Gasteiger partial charge in [0, 0.05) is 0 Å². The third kappa shape index (κ3) is 22.0. The van der Waals surface area contributed by atoms with Crippen LogP contribution in [0.25, 0.3) is 0 Å². The van der Waals surface area contributed by atoms with Crippen molar-refractivity contribution < 1.29 is 14.9 Å². The van der Waals surface area contributed by atoms with Gasteiger partial charge in [-0.25, -0.2) is 0 Å². The molecule has 0 fully saturated rings. The quantitative estimate of drug-likeness (QED) is 0.201. The number of aliphatic hydroxyl groups is 2. The van der Waals surface area contributed by atoms with Crippen molar-refractivity contribution in [2.24, 2.45) is 0 Å². The van der Waals surface area contributed by atoms with Crippen LogP contribution in [0.15, 0.2) is 0 Å². The van der Waals surface area contributed by atoms with E-state index in [0.29, 0.717) is 13.2 Å². The second-order valence-corrected chi connectivity index (χ2v) is 8.37. The molecule has 0 aliphatic heterocycles. The highest BCUT2D eigenvalue weighted by Crippen LogP contribution is 2.12. The van der Waals surface area contributed by atoms with Crippen molar-refractivity contribution in [2.45, 2.75) is 142 Å². The van der Waals surface area contributed by atoms with Crippen LogP contribution in [0.4, 0.5) is 0 Å². The van der Waals surface area contributed by atoms with E-state index < -0.39 is 0 Å². The summed E-state index contributed by atoms with van der Waals surface area (Å²) in [5, 5.41) is 19.9. The highest BCUT2D eigenvalue weighted by Gasteiger charge is 2.08. The smallest absolute Gasteiger partial charge is 0.0773 e. The average Bonchev–Trinajstić information content (AvgIpc) is 2.66. The van der Waals surface area contributed by atoms with E-state index in [0.717, 1.165) is 25.7 Å². The van der Waals surface area contributed by atoms with E-state index in [1.54, 1.807) is 0 Å². The third-order valence-electron chi connectivity index (χ3n) is 5.40. The molecule has 3 heteroatoms. The molecule has 2 N–H and O–H groups in total. The fourth-order valence-electron chi connectivity index (χ4n) is 3.53. The van der Waals surface area contributed by atoms with Gasteiger partial charge in [-0.3, -0.25) is 0 Å². The van der Waals surface area contributed by atoms with Crippen LogP contribution in [0.5, 0.6) is 0 Å². The molecular formula is C24H50O3. The molecule has 0 bridgehead atoms. The summed E-state index contributed by atoms with van der Waals surface area (Å²) in [7, 11) is 0. The van der Waals surface area contributed by atoms with Crippen molar-refractivity contribution in [3.05, 3.63) is 0 Å². The van der Waals surface area contributed by atoms with Gasteiger partial charge in [-0.15, -0.1) is 0 Å². The highest BCUT2D eigenvalue weighted by molar-refractivity contribution is 4.59. The fourth-order valence-corrected chi connectivity index (χ4v) is 3.53. The second-order valence-electron chi connectivity index (χ2n) is 8.37. The Kier molecular flexibility index (Phi) is 22.1. The molecule has 27 heavy (non-hydrogen) atoms. The zero-order chi connectivity index (χ0) is 20.0. The standard InChI is InChI=1S/C24H50O3/c1-3-5-7-9-11-13-15-17-19-23(25)21-27-22-24(26)20-18-16-14-12-10-8-6-4-2/h23-26H,3-22H2,1-2H3. The maximum Gasteiger partial charge on any atom is 0.0773 e. The van der Waals surface area contributed by atoms with E-state index in [4.69, 9.17) is 4.74 Å². The van der Waals surface area contributed by atoms with Crippen molar-refractivity contribution >= 4 is 0 Å². The first-order valence-corrected chi connectivity index (χ1v) is 12.1. The summed E-state index contributed by atoms with van der Waals surface area (Å²) in [6.07, 6.45) is 21.5. The summed E-state index contributed by atoms with van der Waals surface area (Å²) in [5.41, 5.74) is 0. The molecule has 3 nitrogen and oxygen atoms in total. The maximum absolute atomic E-state index is 9.96. The van der Waals surface area contributed by atoms with E-state index in [2.05, 4.69) is 13.8 Å². The summed E-state index contributed by atoms with van der Waals surface area (Å²) in [6, 6.07) is 0. The van der Waals surface area contributed by atoms with E-state index in [1.807, 2.05) is 0 Å². The SMILES string of the molecule is CCCCCCCCCCC(O)COCC(O)CCCCCCCCCC. The van der Waals surface area contributed by atoms with Crippen LogP contribution in [0.3, 0.4) is 0 Å². The van der Waals surface area contributed by atoms with E-state index in [9.17, 15) is 10.2 Å². The molecule has 0 rings (SSSR count). The molecule has 0 aromatic heterocycles. The highest BCUT2D eigenvalue weighted by atomic mass is 16.5. The lowest BCUT2D eigenvalue weighted by atomic mass is 10.1. The van der Waals surface area contributed by atoms with Gasteiger partial charge in [0.25, 0.3) is 0 Å². The predicted octanol–water partition coefficient (Wildman–Crippen LogP) is 6.79. The molecule has 164 valence electrons. The third-order valence-corrected chi connectivity index (χ3v) is 5.40. The molecule has 2 atom stereocenters. The van der Waals surface area contributed by atoms with Crippen molar-refractivity contribution in [3.63, 3.8) is 0 Å². The number of rotatable bonds is 22. The molecule has 0 heterocycles. The molecule has 0 saturated carbocycles. The topological polar surface area (TPSA) is 49.7 Å². The van der Waals surface area contributed by atoms with Gasteiger partial charge in [0.2, 0.25) is 0 Å². The molecular weight excluding hydrogens is 336 g/mol. The van der Waals surface area contributed by atoms with Gasteiger partial charge in [-0.2, -0.15) is 0 Å². The Morgan fingerprint density at radius 3 is 1.11 bits per heavy atom. The monoisotopic (exact) mass is 386 g/mol. The van der Waals surface area contributed by atoms with Gasteiger partial charge in [0.05, 0.1) is 25.4 Å².